The Morgan fingerprint density at radius 3 is 2.89 bits per heavy atom. The van der Waals surface area contributed by atoms with Crippen LogP contribution in [0.4, 0.5) is 0 Å². The van der Waals surface area contributed by atoms with Crippen molar-refractivity contribution in [1.82, 2.24) is 5.32 Å². The zero-order chi connectivity index (χ0) is 7.11. The molecule has 0 atom stereocenters. The Balaban J connectivity index is 3.21. The number of rotatable bonds is 4. The molecule has 0 aliphatic rings. The lowest BCUT2D eigenvalue weighted by molar-refractivity contribution is 0.177. The number of nitrogens with two attached hydrogens (primary N) is 1. The van der Waals surface area contributed by atoms with E-state index in [-0.39, 0.29) is 0 Å². The highest BCUT2D eigenvalue weighted by atomic mass is 16.5. The summed E-state index contributed by atoms with van der Waals surface area (Å²) >= 11 is 0. The van der Waals surface area contributed by atoms with Crippen LogP contribution in [0.3, 0.4) is 0 Å². The number of hydrogen-bond acceptors (Lipinski definition) is 3. The van der Waals surface area contributed by atoms with Gasteiger partial charge in [-0.05, 0) is 13.0 Å². The smallest absolute Gasteiger partial charge is 0.0939 e. The zero-order valence-electron chi connectivity index (χ0n) is 5.98. The van der Waals surface area contributed by atoms with Gasteiger partial charge in [-0.25, -0.2) is 0 Å². The maximum atomic E-state index is 5.38. The molecule has 3 nitrogen and oxygen atoms in total. The molecule has 0 heterocycles. The molecule has 0 aromatic heterocycles. The first-order valence-corrected chi connectivity index (χ1v) is 3.02. The van der Waals surface area contributed by atoms with Crippen molar-refractivity contribution in [3.63, 3.8) is 0 Å². The average molecular weight is 130 g/mol. The molecular weight excluding hydrogens is 116 g/mol. The minimum Gasteiger partial charge on any atom is -0.386 e. The number of ether oxygens (including phenoxy) is 1. The van der Waals surface area contributed by atoms with Crippen LogP contribution in [0.15, 0.2) is 11.9 Å². The number of nitrogens with one attached hydrogen (secondary N) is 1. The van der Waals surface area contributed by atoms with E-state index in [1.54, 1.807) is 13.1 Å². The molecule has 3 heteroatoms. The quantitative estimate of drug-likeness (QED) is 0.528. The topological polar surface area (TPSA) is 47.3 Å². The van der Waals surface area contributed by atoms with Crippen LogP contribution in [0.25, 0.3) is 0 Å². The molecule has 0 saturated heterocycles. The van der Waals surface area contributed by atoms with Gasteiger partial charge >= 0.3 is 0 Å². The molecule has 0 aliphatic heterocycles. The van der Waals surface area contributed by atoms with Crippen LogP contribution in [0.2, 0.25) is 0 Å². The molecule has 0 radical (unpaired) electrons. The van der Waals surface area contributed by atoms with Crippen LogP contribution in [-0.4, -0.2) is 20.3 Å². The van der Waals surface area contributed by atoms with E-state index in [4.69, 9.17) is 10.5 Å². The Morgan fingerprint density at radius 2 is 2.44 bits per heavy atom. The summed E-state index contributed by atoms with van der Waals surface area (Å²) in [5, 5.41) is 2.78. The summed E-state index contributed by atoms with van der Waals surface area (Å²) in [7, 11) is 1.78. The summed E-state index contributed by atoms with van der Waals surface area (Å²) in [6, 6.07) is 0. The Morgan fingerprint density at radius 1 is 1.78 bits per heavy atom. The van der Waals surface area contributed by atoms with Gasteiger partial charge in [-0.15, -0.1) is 0 Å². The van der Waals surface area contributed by atoms with Crippen molar-refractivity contribution >= 4 is 0 Å². The summed E-state index contributed by atoms with van der Waals surface area (Å²) in [6.45, 7) is 3.26. The van der Waals surface area contributed by atoms with E-state index in [9.17, 15) is 0 Å². The van der Waals surface area contributed by atoms with Gasteiger partial charge in [0.05, 0.1) is 12.4 Å². The third kappa shape index (κ3) is 5.17. The van der Waals surface area contributed by atoms with Crippen LogP contribution in [0.1, 0.15) is 6.92 Å². The average Bonchev–Trinajstić information content (AvgIpc) is 1.89. The van der Waals surface area contributed by atoms with E-state index >= 15 is 0 Å². The Hall–Kier alpha value is -0.700. The van der Waals surface area contributed by atoms with E-state index in [1.807, 2.05) is 6.92 Å². The molecule has 0 saturated carbocycles. The Labute approximate surface area is 55.9 Å². The highest BCUT2D eigenvalue weighted by molar-refractivity contribution is 4.91. The van der Waals surface area contributed by atoms with E-state index < -0.39 is 0 Å². The summed E-state index contributed by atoms with van der Waals surface area (Å²) in [5.74, 6) is 0.656. The minimum atomic E-state index is 0.586. The molecular formula is C6H14N2O. The van der Waals surface area contributed by atoms with Gasteiger partial charge in [0.1, 0.15) is 0 Å². The SMILES string of the molecule is CCOC/C=C(\N)NC. The predicted octanol–water partition coefficient (Wildman–Crippen LogP) is 0.0424. The normalized spacial score (nSPS) is 11.6. The van der Waals surface area contributed by atoms with Gasteiger partial charge in [0, 0.05) is 13.7 Å². The van der Waals surface area contributed by atoms with E-state index in [0.717, 1.165) is 6.61 Å². The maximum absolute atomic E-state index is 5.38. The molecule has 0 unspecified atom stereocenters. The fourth-order valence-corrected chi connectivity index (χ4v) is 0.369. The standard InChI is InChI=1S/C6H14N2O/c1-3-9-5-4-6(7)8-2/h4,8H,3,5,7H2,1-2H3/b6-4+. The van der Waals surface area contributed by atoms with Gasteiger partial charge in [-0.2, -0.15) is 0 Å². The van der Waals surface area contributed by atoms with E-state index in [2.05, 4.69) is 5.32 Å². The van der Waals surface area contributed by atoms with Crippen molar-refractivity contribution in [3.8, 4) is 0 Å². The first kappa shape index (κ1) is 8.30. The van der Waals surface area contributed by atoms with Crippen molar-refractivity contribution < 1.29 is 4.74 Å². The zero-order valence-corrected chi connectivity index (χ0v) is 5.98. The van der Waals surface area contributed by atoms with Gasteiger partial charge in [-0.3, -0.25) is 0 Å². The second kappa shape index (κ2) is 5.44. The summed E-state index contributed by atoms with van der Waals surface area (Å²) in [5.41, 5.74) is 5.38. The molecule has 0 fully saturated rings. The summed E-state index contributed by atoms with van der Waals surface area (Å²) in [4.78, 5) is 0. The Bertz CT molecular complexity index is 91.1. The van der Waals surface area contributed by atoms with E-state index in [0.29, 0.717) is 12.4 Å². The fraction of sp³-hybridized carbons (Fsp3) is 0.667. The molecule has 0 rings (SSSR count). The molecule has 0 bridgehead atoms. The van der Waals surface area contributed by atoms with Crippen molar-refractivity contribution in [2.75, 3.05) is 20.3 Å². The molecule has 0 aliphatic carbocycles. The van der Waals surface area contributed by atoms with Gasteiger partial charge in [0.2, 0.25) is 0 Å². The molecule has 0 amide bonds. The predicted molar refractivity (Wildman–Crippen MR) is 37.8 cm³/mol. The molecule has 0 spiro atoms. The molecule has 54 valence electrons. The highest BCUT2D eigenvalue weighted by Gasteiger charge is 1.80. The maximum Gasteiger partial charge on any atom is 0.0939 e. The van der Waals surface area contributed by atoms with Crippen LogP contribution in [0.5, 0.6) is 0 Å². The van der Waals surface area contributed by atoms with Crippen molar-refractivity contribution in [1.29, 1.82) is 0 Å². The lowest BCUT2D eigenvalue weighted by atomic mass is 10.6. The van der Waals surface area contributed by atoms with Crippen molar-refractivity contribution in [2.45, 2.75) is 6.92 Å². The van der Waals surface area contributed by atoms with Crippen molar-refractivity contribution in [2.24, 2.45) is 5.73 Å². The molecule has 0 aromatic rings. The first-order valence-electron chi connectivity index (χ1n) is 3.02. The largest absolute Gasteiger partial charge is 0.386 e. The van der Waals surface area contributed by atoms with Crippen LogP contribution >= 0.6 is 0 Å². The van der Waals surface area contributed by atoms with Crippen LogP contribution in [0, 0.1) is 0 Å². The third-order valence-corrected chi connectivity index (χ3v) is 0.914. The van der Waals surface area contributed by atoms with Gasteiger partial charge in [-0.1, -0.05) is 0 Å². The second-order valence-corrected chi connectivity index (χ2v) is 1.57. The van der Waals surface area contributed by atoms with Gasteiger partial charge in [0.25, 0.3) is 0 Å². The van der Waals surface area contributed by atoms with Gasteiger partial charge in [0.15, 0.2) is 0 Å². The lowest BCUT2D eigenvalue weighted by Gasteiger charge is -1.98. The molecule has 9 heavy (non-hydrogen) atoms. The Kier molecular flexibility index (Phi) is 5.01. The first-order chi connectivity index (χ1) is 4.31. The van der Waals surface area contributed by atoms with E-state index in [1.165, 1.54) is 0 Å². The fourth-order valence-electron chi connectivity index (χ4n) is 0.369. The third-order valence-electron chi connectivity index (χ3n) is 0.914. The highest BCUT2D eigenvalue weighted by Crippen LogP contribution is 1.77. The van der Waals surface area contributed by atoms with Gasteiger partial charge < -0.3 is 15.8 Å². The van der Waals surface area contributed by atoms with Crippen LogP contribution in [-0.2, 0) is 4.74 Å². The van der Waals surface area contributed by atoms with Crippen LogP contribution < -0.4 is 11.1 Å². The summed E-state index contributed by atoms with van der Waals surface area (Å²) < 4.78 is 5.01. The van der Waals surface area contributed by atoms with Crippen molar-refractivity contribution in [3.05, 3.63) is 11.9 Å². The molecule has 0 aromatic carbocycles. The minimum absolute atomic E-state index is 0.586. The summed E-state index contributed by atoms with van der Waals surface area (Å²) in [6.07, 6.45) is 1.80. The second-order valence-electron chi connectivity index (χ2n) is 1.57. The molecule has 3 N–H and O–H groups in total. The number of hydrogen-bond donors (Lipinski definition) is 2. The lowest BCUT2D eigenvalue weighted by Crippen LogP contribution is -2.15. The monoisotopic (exact) mass is 130 g/mol.